The summed E-state index contributed by atoms with van der Waals surface area (Å²) in [6, 6.07) is 14.8. The molecule has 3 rings (SSSR count). The first-order valence-corrected chi connectivity index (χ1v) is 9.06. The van der Waals surface area contributed by atoms with Gasteiger partial charge in [-0.1, -0.05) is 29.8 Å². The molecule has 0 aliphatic rings. The number of nitrogens with one attached hydrogen (secondary N) is 1. The van der Waals surface area contributed by atoms with Crippen molar-refractivity contribution in [1.29, 1.82) is 0 Å². The Labute approximate surface area is 160 Å². The number of ether oxygens (including phenoxy) is 1. The van der Waals surface area contributed by atoms with Crippen LogP contribution in [0.25, 0.3) is 10.1 Å². The number of hydrogen-bond donors (Lipinski definition) is 1. The van der Waals surface area contributed by atoms with Crippen LogP contribution in [0, 0.1) is 0 Å². The number of benzene rings is 2. The fourth-order valence-corrected chi connectivity index (χ4v) is 3.78. The second kappa shape index (κ2) is 7.76. The first-order valence-electron chi connectivity index (χ1n) is 7.87. The SMILES string of the molecule is CN(C)c1ccc(NC(=O)COC(=O)c2sc3ccccc3c2Cl)cc1. The third-order valence-electron chi connectivity index (χ3n) is 3.72. The van der Waals surface area contributed by atoms with Gasteiger partial charge in [0.1, 0.15) is 4.88 Å². The van der Waals surface area contributed by atoms with Crippen molar-refractivity contribution in [3.63, 3.8) is 0 Å². The molecule has 0 saturated heterocycles. The quantitative estimate of drug-likeness (QED) is 0.657. The monoisotopic (exact) mass is 388 g/mol. The Hall–Kier alpha value is -2.57. The molecule has 1 aromatic heterocycles. The van der Waals surface area contributed by atoms with Gasteiger partial charge >= 0.3 is 5.97 Å². The topological polar surface area (TPSA) is 58.6 Å². The average Bonchev–Trinajstić information content (AvgIpc) is 2.97. The van der Waals surface area contributed by atoms with Gasteiger partial charge in [0.15, 0.2) is 6.61 Å². The van der Waals surface area contributed by atoms with Crippen molar-refractivity contribution in [2.45, 2.75) is 0 Å². The van der Waals surface area contributed by atoms with Crippen molar-refractivity contribution in [3.05, 3.63) is 58.4 Å². The van der Waals surface area contributed by atoms with Crippen molar-refractivity contribution < 1.29 is 14.3 Å². The summed E-state index contributed by atoms with van der Waals surface area (Å²) in [5, 5.41) is 3.85. The maximum Gasteiger partial charge on any atom is 0.350 e. The van der Waals surface area contributed by atoms with E-state index in [4.69, 9.17) is 16.3 Å². The number of nitrogens with zero attached hydrogens (tertiary/aromatic N) is 1. The van der Waals surface area contributed by atoms with Crippen molar-refractivity contribution in [3.8, 4) is 0 Å². The van der Waals surface area contributed by atoms with Gasteiger partial charge < -0.3 is 15.0 Å². The van der Waals surface area contributed by atoms with Crippen LogP contribution in [0.1, 0.15) is 9.67 Å². The van der Waals surface area contributed by atoms with Crippen molar-refractivity contribution in [2.24, 2.45) is 0 Å². The predicted octanol–water partition coefficient (Wildman–Crippen LogP) is 4.42. The number of anilines is 2. The fraction of sp³-hybridized carbons (Fsp3) is 0.158. The normalized spacial score (nSPS) is 10.6. The molecule has 0 unspecified atom stereocenters. The van der Waals surface area contributed by atoms with Gasteiger partial charge in [-0.05, 0) is 30.3 Å². The molecule has 26 heavy (non-hydrogen) atoms. The molecule has 1 heterocycles. The molecule has 134 valence electrons. The minimum Gasteiger partial charge on any atom is -0.451 e. The van der Waals surface area contributed by atoms with E-state index < -0.39 is 11.9 Å². The Bertz CT molecular complexity index is 951. The number of thiophene rings is 1. The summed E-state index contributed by atoms with van der Waals surface area (Å²) < 4.78 is 6.00. The van der Waals surface area contributed by atoms with E-state index in [1.165, 1.54) is 11.3 Å². The lowest BCUT2D eigenvalue weighted by Crippen LogP contribution is -2.20. The minimum absolute atomic E-state index is 0.302. The number of esters is 1. The third kappa shape index (κ3) is 3.98. The summed E-state index contributed by atoms with van der Waals surface area (Å²) in [5.41, 5.74) is 1.66. The maximum absolute atomic E-state index is 12.2. The van der Waals surface area contributed by atoms with Crippen LogP contribution in [-0.4, -0.2) is 32.6 Å². The molecule has 0 spiro atoms. The van der Waals surface area contributed by atoms with E-state index in [0.717, 1.165) is 15.8 Å². The summed E-state index contributed by atoms with van der Waals surface area (Å²) in [7, 11) is 3.87. The van der Waals surface area contributed by atoms with Crippen LogP contribution < -0.4 is 10.2 Å². The van der Waals surface area contributed by atoms with E-state index in [1.807, 2.05) is 55.4 Å². The Morgan fingerprint density at radius 2 is 1.81 bits per heavy atom. The first-order chi connectivity index (χ1) is 12.5. The molecule has 0 aliphatic carbocycles. The molecule has 1 N–H and O–H groups in total. The van der Waals surface area contributed by atoms with Gasteiger partial charge in [-0.2, -0.15) is 0 Å². The largest absolute Gasteiger partial charge is 0.451 e. The zero-order valence-electron chi connectivity index (χ0n) is 14.3. The molecule has 7 heteroatoms. The molecule has 3 aromatic rings. The highest BCUT2D eigenvalue weighted by atomic mass is 35.5. The van der Waals surface area contributed by atoms with Gasteiger partial charge in [0.05, 0.1) is 5.02 Å². The van der Waals surface area contributed by atoms with Crippen LogP contribution in [0.15, 0.2) is 48.5 Å². The number of amides is 1. The number of fused-ring (bicyclic) bond motifs is 1. The van der Waals surface area contributed by atoms with E-state index >= 15 is 0 Å². The molecule has 2 aromatic carbocycles. The third-order valence-corrected chi connectivity index (χ3v) is 5.38. The van der Waals surface area contributed by atoms with Gasteiger partial charge in [-0.3, -0.25) is 4.79 Å². The van der Waals surface area contributed by atoms with Crippen molar-refractivity contribution >= 4 is 56.3 Å². The molecule has 5 nitrogen and oxygen atoms in total. The highest BCUT2D eigenvalue weighted by Crippen LogP contribution is 2.35. The zero-order valence-corrected chi connectivity index (χ0v) is 15.9. The average molecular weight is 389 g/mol. The van der Waals surface area contributed by atoms with E-state index in [9.17, 15) is 9.59 Å². The van der Waals surface area contributed by atoms with E-state index in [-0.39, 0.29) is 6.61 Å². The lowest BCUT2D eigenvalue weighted by Gasteiger charge is -2.13. The second-order valence-corrected chi connectivity index (χ2v) is 7.24. The molecule has 0 bridgehead atoms. The maximum atomic E-state index is 12.2. The summed E-state index contributed by atoms with van der Waals surface area (Å²) in [6.07, 6.45) is 0. The van der Waals surface area contributed by atoms with E-state index in [0.29, 0.717) is 15.6 Å². The molecule has 0 saturated carbocycles. The second-order valence-electron chi connectivity index (χ2n) is 5.81. The van der Waals surface area contributed by atoms with Crippen LogP contribution in [0.3, 0.4) is 0 Å². The van der Waals surface area contributed by atoms with Gasteiger partial charge in [-0.25, -0.2) is 4.79 Å². The van der Waals surface area contributed by atoms with Gasteiger partial charge in [0, 0.05) is 35.6 Å². The molecule has 0 fully saturated rings. The van der Waals surface area contributed by atoms with Crippen molar-refractivity contribution in [2.75, 3.05) is 30.9 Å². The fourth-order valence-electron chi connectivity index (χ4n) is 2.38. The van der Waals surface area contributed by atoms with Crippen molar-refractivity contribution in [1.82, 2.24) is 0 Å². The number of carbonyl (C=O) groups excluding carboxylic acids is 2. The van der Waals surface area contributed by atoms with Crippen LogP contribution in [0.2, 0.25) is 5.02 Å². The van der Waals surface area contributed by atoms with Gasteiger partial charge in [0.2, 0.25) is 0 Å². The Balaban J connectivity index is 1.60. The number of rotatable bonds is 5. The molecular weight excluding hydrogens is 372 g/mol. The Morgan fingerprint density at radius 3 is 2.46 bits per heavy atom. The summed E-state index contributed by atoms with van der Waals surface area (Å²) in [6.45, 7) is -0.376. The lowest BCUT2D eigenvalue weighted by molar-refractivity contribution is -0.119. The zero-order chi connectivity index (χ0) is 18.7. The summed E-state index contributed by atoms with van der Waals surface area (Å²) in [5.74, 6) is -1.01. The number of halogens is 1. The van der Waals surface area contributed by atoms with Crippen LogP contribution in [-0.2, 0) is 9.53 Å². The number of hydrogen-bond acceptors (Lipinski definition) is 5. The van der Waals surface area contributed by atoms with Crippen LogP contribution in [0.5, 0.6) is 0 Å². The Kier molecular flexibility index (Phi) is 5.44. The summed E-state index contributed by atoms with van der Waals surface area (Å²) >= 11 is 7.49. The minimum atomic E-state index is -0.602. The predicted molar refractivity (Wildman–Crippen MR) is 107 cm³/mol. The van der Waals surface area contributed by atoms with E-state index in [2.05, 4.69) is 5.32 Å². The highest BCUT2D eigenvalue weighted by Gasteiger charge is 2.19. The van der Waals surface area contributed by atoms with E-state index in [1.54, 1.807) is 12.1 Å². The smallest absolute Gasteiger partial charge is 0.350 e. The first kappa shape index (κ1) is 18.2. The standard InChI is InChI=1S/C19H17ClN2O3S/c1-22(2)13-9-7-12(8-10-13)21-16(23)11-25-19(24)18-17(20)14-5-3-4-6-15(14)26-18/h3-10H,11H2,1-2H3,(H,21,23). The van der Waals surface area contributed by atoms with Gasteiger partial charge in [-0.15, -0.1) is 11.3 Å². The molecule has 0 aliphatic heterocycles. The number of carbonyl (C=O) groups is 2. The van der Waals surface area contributed by atoms with Gasteiger partial charge in [0.25, 0.3) is 5.91 Å². The summed E-state index contributed by atoms with van der Waals surface area (Å²) in [4.78, 5) is 26.5. The molecule has 0 atom stereocenters. The molecular formula is C19H17ClN2O3S. The van der Waals surface area contributed by atoms with Crippen LogP contribution in [0.4, 0.5) is 11.4 Å². The van der Waals surface area contributed by atoms with Crippen LogP contribution >= 0.6 is 22.9 Å². The highest BCUT2D eigenvalue weighted by molar-refractivity contribution is 7.21. The molecule has 0 radical (unpaired) electrons. The molecule has 1 amide bonds. The Morgan fingerprint density at radius 1 is 1.12 bits per heavy atom. The lowest BCUT2D eigenvalue weighted by atomic mass is 10.2.